The van der Waals surface area contributed by atoms with E-state index in [0.717, 1.165) is 11.4 Å². The lowest BCUT2D eigenvalue weighted by atomic mass is 9.88. The number of hydrogen-bond donors (Lipinski definition) is 2. The van der Waals surface area contributed by atoms with Gasteiger partial charge in [0.05, 0.1) is 29.0 Å². The Morgan fingerprint density at radius 2 is 1.96 bits per heavy atom. The molecule has 0 saturated carbocycles. The molecule has 1 atom stereocenters. The van der Waals surface area contributed by atoms with Gasteiger partial charge in [-0.25, -0.2) is 4.68 Å². The predicted molar refractivity (Wildman–Crippen MR) is 97.5 cm³/mol. The van der Waals surface area contributed by atoms with Crippen LogP contribution in [-0.4, -0.2) is 33.0 Å². The third kappa shape index (κ3) is 4.33. The lowest BCUT2D eigenvalue weighted by Gasteiger charge is -2.33. The van der Waals surface area contributed by atoms with Crippen LogP contribution in [0.5, 0.6) is 0 Å². The number of para-hydroxylation sites is 1. The number of carbonyl (C=O) groups excluding carboxylic acids is 1. The first kappa shape index (κ1) is 20.1. The molecule has 1 aromatic heterocycles. The molecular weight excluding hydrogens is 326 g/mol. The van der Waals surface area contributed by atoms with E-state index in [4.69, 9.17) is 5.73 Å². The molecule has 0 bridgehead atoms. The Balaban J connectivity index is 0.00000288. The molecule has 1 heterocycles. The van der Waals surface area contributed by atoms with Crippen LogP contribution in [0.2, 0.25) is 0 Å². The van der Waals surface area contributed by atoms with Crippen molar-refractivity contribution in [2.24, 2.45) is 11.7 Å². The molecule has 0 spiro atoms. The summed E-state index contributed by atoms with van der Waals surface area (Å²) in [5, 5.41) is 11.3. The first-order valence-electron chi connectivity index (χ1n) is 7.85. The predicted octanol–water partition coefficient (Wildman–Crippen LogP) is 2.03. The van der Waals surface area contributed by atoms with Crippen molar-refractivity contribution in [2.45, 2.75) is 39.7 Å². The largest absolute Gasteiger partial charge is 0.349 e. The number of halogens is 1. The topological polar surface area (TPSA) is 85.8 Å². The van der Waals surface area contributed by atoms with Crippen molar-refractivity contribution in [3.8, 4) is 5.69 Å². The number of hydrogen-bond acceptors (Lipinski definition) is 4. The van der Waals surface area contributed by atoms with Gasteiger partial charge in [0.15, 0.2) is 0 Å². The van der Waals surface area contributed by atoms with Crippen molar-refractivity contribution in [3.63, 3.8) is 0 Å². The van der Waals surface area contributed by atoms with Gasteiger partial charge in [0.2, 0.25) is 5.91 Å². The Morgan fingerprint density at radius 1 is 1.33 bits per heavy atom. The molecule has 0 fully saturated rings. The molecule has 1 aromatic carbocycles. The summed E-state index contributed by atoms with van der Waals surface area (Å²) in [6, 6.07) is 9.74. The van der Waals surface area contributed by atoms with Gasteiger partial charge in [-0.2, -0.15) is 0 Å². The van der Waals surface area contributed by atoms with Crippen molar-refractivity contribution in [1.29, 1.82) is 0 Å². The molecule has 132 valence electrons. The molecule has 0 aliphatic rings. The summed E-state index contributed by atoms with van der Waals surface area (Å²) in [6.45, 7) is 8.36. The molecule has 6 nitrogen and oxygen atoms in total. The maximum absolute atomic E-state index is 12.3. The van der Waals surface area contributed by atoms with Crippen molar-refractivity contribution in [1.82, 2.24) is 20.3 Å². The minimum absolute atomic E-state index is 0. The molecule has 0 aliphatic carbocycles. The van der Waals surface area contributed by atoms with Gasteiger partial charge in [-0.15, -0.1) is 17.5 Å². The van der Waals surface area contributed by atoms with E-state index in [0.29, 0.717) is 12.2 Å². The smallest absolute Gasteiger partial charge is 0.226 e. The first-order valence-corrected chi connectivity index (χ1v) is 7.85. The van der Waals surface area contributed by atoms with Gasteiger partial charge in [0.1, 0.15) is 0 Å². The minimum atomic E-state index is -0.416. The third-order valence-electron chi connectivity index (χ3n) is 4.44. The lowest BCUT2D eigenvalue weighted by Crippen LogP contribution is -2.55. The molecular formula is C17H26ClN5O. The van der Waals surface area contributed by atoms with E-state index >= 15 is 0 Å². The second-order valence-corrected chi connectivity index (χ2v) is 6.37. The van der Waals surface area contributed by atoms with Crippen molar-refractivity contribution in [3.05, 3.63) is 41.7 Å². The number of nitrogens with zero attached hydrogens (tertiary/aromatic N) is 3. The van der Waals surface area contributed by atoms with E-state index in [1.54, 1.807) is 4.68 Å². The molecule has 7 heteroatoms. The highest BCUT2D eigenvalue weighted by atomic mass is 35.5. The second-order valence-electron chi connectivity index (χ2n) is 6.37. The van der Waals surface area contributed by atoms with Gasteiger partial charge in [-0.1, -0.05) is 37.3 Å². The fourth-order valence-electron chi connectivity index (χ4n) is 2.28. The van der Waals surface area contributed by atoms with Gasteiger partial charge in [-0.3, -0.25) is 4.79 Å². The van der Waals surface area contributed by atoms with Gasteiger partial charge < -0.3 is 11.1 Å². The third-order valence-corrected chi connectivity index (χ3v) is 4.44. The molecule has 0 saturated heterocycles. The summed E-state index contributed by atoms with van der Waals surface area (Å²) >= 11 is 0. The van der Waals surface area contributed by atoms with E-state index < -0.39 is 5.54 Å². The normalized spacial score (nSPS) is 13.2. The number of rotatable bonds is 6. The number of nitrogens with two attached hydrogens (primary N) is 1. The zero-order valence-corrected chi connectivity index (χ0v) is 15.4. The molecule has 0 radical (unpaired) electrons. The van der Waals surface area contributed by atoms with Gasteiger partial charge in [0, 0.05) is 6.54 Å². The summed E-state index contributed by atoms with van der Waals surface area (Å²) in [4.78, 5) is 12.3. The average molecular weight is 352 g/mol. The molecule has 3 N–H and O–H groups in total. The number of amides is 1. The zero-order chi connectivity index (χ0) is 17.0. The summed E-state index contributed by atoms with van der Waals surface area (Å²) in [7, 11) is 0. The van der Waals surface area contributed by atoms with Crippen LogP contribution < -0.4 is 11.1 Å². The Morgan fingerprint density at radius 3 is 2.50 bits per heavy atom. The number of aromatic nitrogens is 3. The highest BCUT2D eigenvalue weighted by molar-refractivity contribution is 5.85. The number of carbonyl (C=O) groups is 1. The molecule has 24 heavy (non-hydrogen) atoms. The van der Waals surface area contributed by atoms with Crippen LogP contribution >= 0.6 is 12.4 Å². The van der Waals surface area contributed by atoms with Crippen LogP contribution in [0.4, 0.5) is 0 Å². The number of nitrogens with one attached hydrogen (secondary N) is 1. The maximum atomic E-state index is 12.3. The Labute approximate surface area is 149 Å². The Kier molecular flexibility index (Phi) is 6.93. The molecule has 0 aliphatic heterocycles. The minimum Gasteiger partial charge on any atom is -0.349 e. The summed E-state index contributed by atoms with van der Waals surface area (Å²) in [5.41, 5.74) is 7.87. The maximum Gasteiger partial charge on any atom is 0.226 e. The number of benzene rings is 1. The van der Waals surface area contributed by atoms with Crippen LogP contribution in [0, 0.1) is 12.8 Å². The molecule has 1 unspecified atom stereocenters. The van der Waals surface area contributed by atoms with E-state index in [2.05, 4.69) is 15.6 Å². The van der Waals surface area contributed by atoms with Crippen LogP contribution in [0.25, 0.3) is 5.69 Å². The van der Waals surface area contributed by atoms with E-state index in [1.807, 2.05) is 58.0 Å². The second kappa shape index (κ2) is 8.26. The van der Waals surface area contributed by atoms with Gasteiger partial charge in [0.25, 0.3) is 0 Å². The van der Waals surface area contributed by atoms with Gasteiger partial charge in [-0.05, 0) is 31.9 Å². The highest BCUT2D eigenvalue weighted by Crippen LogP contribution is 2.16. The van der Waals surface area contributed by atoms with Crippen molar-refractivity contribution in [2.75, 3.05) is 6.54 Å². The van der Waals surface area contributed by atoms with Crippen molar-refractivity contribution < 1.29 is 4.79 Å². The standard InChI is InChI=1S/C17H25N5O.ClH/c1-12(2)17(4,11-18)19-16(23)10-15-13(3)22(21-20-15)14-8-6-5-7-9-14;/h5-9,12H,10-11,18H2,1-4H3,(H,19,23);1H. The van der Waals surface area contributed by atoms with Crippen LogP contribution in [-0.2, 0) is 11.2 Å². The quantitative estimate of drug-likeness (QED) is 0.833. The fraction of sp³-hybridized carbons (Fsp3) is 0.471. The zero-order valence-electron chi connectivity index (χ0n) is 14.6. The van der Waals surface area contributed by atoms with Crippen LogP contribution in [0.1, 0.15) is 32.2 Å². The van der Waals surface area contributed by atoms with E-state index in [-0.39, 0.29) is 30.7 Å². The summed E-state index contributed by atoms with van der Waals surface area (Å²) < 4.78 is 1.74. The summed E-state index contributed by atoms with van der Waals surface area (Å²) in [6.07, 6.45) is 0.195. The van der Waals surface area contributed by atoms with E-state index in [9.17, 15) is 4.79 Å². The van der Waals surface area contributed by atoms with Gasteiger partial charge >= 0.3 is 0 Å². The lowest BCUT2D eigenvalue weighted by molar-refractivity contribution is -0.122. The monoisotopic (exact) mass is 351 g/mol. The molecule has 2 rings (SSSR count). The Bertz CT molecular complexity index is 671. The van der Waals surface area contributed by atoms with Crippen molar-refractivity contribution >= 4 is 18.3 Å². The van der Waals surface area contributed by atoms with E-state index in [1.165, 1.54) is 0 Å². The van der Waals surface area contributed by atoms with Crippen LogP contribution in [0.3, 0.4) is 0 Å². The van der Waals surface area contributed by atoms with Crippen LogP contribution in [0.15, 0.2) is 30.3 Å². The first-order chi connectivity index (χ1) is 10.9. The summed E-state index contributed by atoms with van der Waals surface area (Å²) in [5.74, 6) is 0.160. The highest BCUT2D eigenvalue weighted by Gasteiger charge is 2.29. The fourth-order valence-corrected chi connectivity index (χ4v) is 2.28. The molecule has 2 aromatic rings. The SMILES string of the molecule is Cc1c(CC(=O)NC(C)(CN)C(C)C)nnn1-c1ccccc1.Cl. The Hall–Kier alpha value is -1.92. The average Bonchev–Trinajstić information content (AvgIpc) is 2.88. The molecule has 1 amide bonds.